The van der Waals surface area contributed by atoms with Crippen LogP contribution in [0.1, 0.15) is 51.6 Å². The maximum Gasteiger partial charge on any atom is 0.410 e. The lowest BCUT2D eigenvalue weighted by Gasteiger charge is -2.41. The predicted molar refractivity (Wildman–Crippen MR) is 116 cm³/mol. The molecule has 9 heteroatoms. The van der Waals surface area contributed by atoms with Crippen molar-refractivity contribution in [2.45, 2.75) is 58.0 Å². The number of ether oxygens (including phenoxy) is 1. The third kappa shape index (κ3) is 6.72. The van der Waals surface area contributed by atoms with Crippen LogP contribution in [0.5, 0.6) is 5.75 Å². The van der Waals surface area contributed by atoms with Crippen LogP contribution in [0.3, 0.4) is 0 Å². The maximum atomic E-state index is 12.7. The average Bonchev–Trinajstić information content (AvgIpc) is 2.63. The highest BCUT2D eigenvalue weighted by atomic mass is 16.6. The lowest BCUT2D eigenvalue weighted by Crippen LogP contribution is -2.49. The molecule has 0 atom stereocenters. The van der Waals surface area contributed by atoms with Gasteiger partial charge in [-0.15, -0.1) is 0 Å². The molecule has 9 nitrogen and oxygen atoms in total. The SMILES string of the molecule is Cc1cc(=O)c(O)c(C2(CC(=O)NCCN(C)C)CCN(C(=O)OC(C)(C)C)CC2)o1. The molecule has 1 aromatic rings. The van der Waals surface area contributed by atoms with Crippen molar-refractivity contribution in [3.05, 3.63) is 27.8 Å². The molecule has 1 saturated heterocycles. The minimum absolute atomic E-state index is 0.0442. The molecular weight excluding hydrogens is 402 g/mol. The van der Waals surface area contributed by atoms with Gasteiger partial charge in [-0.3, -0.25) is 9.59 Å². The highest BCUT2D eigenvalue weighted by Gasteiger charge is 2.44. The highest BCUT2D eigenvalue weighted by molar-refractivity contribution is 5.78. The van der Waals surface area contributed by atoms with Gasteiger partial charge in [0.25, 0.3) is 0 Å². The Hall–Kier alpha value is -2.55. The first-order valence-electron chi connectivity index (χ1n) is 10.6. The molecule has 2 heterocycles. The number of likely N-dealkylation sites (tertiary alicyclic amines) is 1. The van der Waals surface area contributed by atoms with Crippen LogP contribution in [0, 0.1) is 6.92 Å². The molecule has 0 aromatic carbocycles. The van der Waals surface area contributed by atoms with Crippen molar-refractivity contribution < 1.29 is 23.8 Å². The van der Waals surface area contributed by atoms with Crippen LogP contribution >= 0.6 is 0 Å². The van der Waals surface area contributed by atoms with E-state index < -0.39 is 28.3 Å². The minimum Gasteiger partial charge on any atom is -0.502 e. The van der Waals surface area contributed by atoms with E-state index in [0.29, 0.717) is 44.8 Å². The minimum atomic E-state index is -0.893. The fourth-order valence-electron chi connectivity index (χ4n) is 3.68. The Morgan fingerprint density at radius 2 is 1.90 bits per heavy atom. The number of hydrogen-bond acceptors (Lipinski definition) is 7. The van der Waals surface area contributed by atoms with E-state index in [1.807, 2.05) is 19.0 Å². The number of hydrogen-bond donors (Lipinski definition) is 2. The second-order valence-electron chi connectivity index (χ2n) is 9.48. The Bertz CT molecular complexity index is 848. The van der Waals surface area contributed by atoms with Gasteiger partial charge >= 0.3 is 6.09 Å². The molecule has 1 aliphatic rings. The fourth-order valence-corrected chi connectivity index (χ4v) is 3.68. The molecule has 2 amide bonds. The summed E-state index contributed by atoms with van der Waals surface area (Å²) in [6.07, 6.45) is 0.329. The van der Waals surface area contributed by atoms with Crippen LogP contribution in [0.15, 0.2) is 15.3 Å². The quantitative estimate of drug-likeness (QED) is 0.700. The van der Waals surface area contributed by atoms with Crippen LogP contribution in [-0.4, -0.2) is 72.8 Å². The first-order chi connectivity index (χ1) is 14.3. The van der Waals surface area contributed by atoms with Gasteiger partial charge < -0.3 is 29.4 Å². The van der Waals surface area contributed by atoms with Crippen LogP contribution in [0.25, 0.3) is 0 Å². The van der Waals surface area contributed by atoms with E-state index in [1.165, 1.54) is 6.07 Å². The van der Waals surface area contributed by atoms with Crippen molar-refractivity contribution in [2.24, 2.45) is 0 Å². The van der Waals surface area contributed by atoms with E-state index in [0.717, 1.165) is 0 Å². The predicted octanol–water partition coefficient (Wildman–Crippen LogP) is 1.99. The van der Waals surface area contributed by atoms with Gasteiger partial charge in [-0.25, -0.2) is 4.79 Å². The van der Waals surface area contributed by atoms with Crippen molar-refractivity contribution in [1.29, 1.82) is 0 Å². The standard InChI is InChI=1S/C22H35N3O6/c1-15-13-16(26)18(28)19(30-15)22(14-17(27)23-9-12-24(5)6)7-10-25(11-8-22)20(29)31-21(2,3)4/h13,28H,7-12,14H2,1-6H3,(H,23,27). The maximum absolute atomic E-state index is 12.7. The van der Waals surface area contributed by atoms with E-state index in [1.54, 1.807) is 32.6 Å². The van der Waals surface area contributed by atoms with Gasteiger partial charge in [-0.05, 0) is 54.6 Å². The van der Waals surface area contributed by atoms with Gasteiger partial charge in [0.1, 0.15) is 11.4 Å². The number of likely N-dealkylation sites (N-methyl/N-ethyl adjacent to an activating group) is 1. The Morgan fingerprint density at radius 1 is 1.29 bits per heavy atom. The number of amides is 2. The summed E-state index contributed by atoms with van der Waals surface area (Å²) in [6, 6.07) is 1.22. The molecule has 2 rings (SSSR count). The van der Waals surface area contributed by atoms with Crippen molar-refractivity contribution in [3.63, 3.8) is 0 Å². The van der Waals surface area contributed by atoms with Crippen molar-refractivity contribution in [3.8, 4) is 5.75 Å². The molecule has 1 fully saturated rings. The van der Waals surface area contributed by atoms with Gasteiger partial charge in [0.2, 0.25) is 17.1 Å². The molecule has 0 aliphatic carbocycles. The van der Waals surface area contributed by atoms with Gasteiger partial charge in [0.05, 0.1) is 0 Å². The van der Waals surface area contributed by atoms with Crippen LogP contribution in [0.2, 0.25) is 0 Å². The number of aromatic hydroxyl groups is 1. The Morgan fingerprint density at radius 3 is 2.45 bits per heavy atom. The number of rotatable bonds is 6. The topological polar surface area (TPSA) is 112 Å². The highest BCUT2D eigenvalue weighted by Crippen LogP contribution is 2.42. The van der Waals surface area contributed by atoms with Crippen LogP contribution in [0.4, 0.5) is 4.79 Å². The Balaban J connectivity index is 2.26. The smallest absolute Gasteiger partial charge is 0.410 e. The largest absolute Gasteiger partial charge is 0.502 e. The molecule has 2 N–H and O–H groups in total. The third-order valence-electron chi connectivity index (χ3n) is 5.28. The molecule has 0 saturated carbocycles. The fraction of sp³-hybridized carbons (Fsp3) is 0.682. The summed E-state index contributed by atoms with van der Waals surface area (Å²) < 4.78 is 11.2. The Kier molecular flexibility index (Phi) is 7.75. The molecular formula is C22H35N3O6. The summed E-state index contributed by atoms with van der Waals surface area (Å²) >= 11 is 0. The molecule has 0 radical (unpaired) electrons. The Labute approximate surface area is 183 Å². The second-order valence-corrected chi connectivity index (χ2v) is 9.48. The normalized spacial score (nSPS) is 16.3. The summed E-state index contributed by atoms with van der Waals surface area (Å²) in [4.78, 5) is 40.9. The number of nitrogens with zero attached hydrogens (tertiary/aromatic N) is 2. The zero-order chi connectivity index (χ0) is 23.4. The summed E-state index contributed by atoms with van der Waals surface area (Å²) in [5, 5.41) is 13.4. The van der Waals surface area contributed by atoms with E-state index in [2.05, 4.69) is 5.32 Å². The lowest BCUT2D eigenvalue weighted by molar-refractivity contribution is -0.123. The molecule has 0 unspecified atom stereocenters. The number of carbonyl (C=O) groups excluding carboxylic acids is 2. The van der Waals surface area contributed by atoms with Gasteiger partial charge in [-0.1, -0.05) is 0 Å². The van der Waals surface area contributed by atoms with Crippen molar-refractivity contribution in [1.82, 2.24) is 15.1 Å². The average molecular weight is 438 g/mol. The van der Waals surface area contributed by atoms with E-state index in [4.69, 9.17) is 9.15 Å². The number of aryl methyl sites for hydroxylation is 1. The van der Waals surface area contributed by atoms with Gasteiger partial charge in [0.15, 0.2) is 5.76 Å². The number of piperidine rings is 1. The van der Waals surface area contributed by atoms with E-state index in [9.17, 15) is 19.5 Å². The summed E-state index contributed by atoms with van der Waals surface area (Å²) in [7, 11) is 3.83. The summed E-state index contributed by atoms with van der Waals surface area (Å²) in [5.41, 5.74) is -2.05. The molecule has 0 bridgehead atoms. The molecule has 31 heavy (non-hydrogen) atoms. The lowest BCUT2D eigenvalue weighted by atomic mass is 9.73. The molecule has 0 spiro atoms. The molecule has 174 valence electrons. The van der Waals surface area contributed by atoms with Crippen molar-refractivity contribution in [2.75, 3.05) is 40.3 Å². The van der Waals surface area contributed by atoms with E-state index in [-0.39, 0.29) is 18.1 Å². The first-order valence-corrected chi connectivity index (χ1v) is 10.6. The number of carbonyl (C=O) groups is 2. The van der Waals surface area contributed by atoms with Gasteiger partial charge in [-0.2, -0.15) is 0 Å². The summed E-state index contributed by atoms with van der Waals surface area (Å²) in [6.45, 7) is 8.84. The summed E-state index contributed by atoms with van der Waals surface area (Å²) in [5.74, 6) is -0.197. The second kappa shape index (κ2) is 9.72. The third-order valence-corrected chi connectivity index (χ3v) is 5.28. The van der Waals surface area contributed by atoms with Crippen molar-refractivity contribution >= 4 is 12.0 Å². The molecule has 1 aliphatic heterocycles. The van der Waals surface area contributed by atoms with Crippen LogP contribution < -0.4 is 10.7 Å². The van der Waals surface area contributed by atoms with Gasteiger partial charge in [0, 0.05) is 44.1 Å². The first kappa shape index (κ1) is 24.7. The van der Waals surface area contributed by atoms with Crippen LogP contribution in [-0.2, 0) is 14.9 Å². The number of nitrogens with one attached hydrogen (secondary N) is 1. The zero-order valence-electron chi connectivity index (χ0n) is 19.4. The zero-order valence-corrected chi connectivity index (χ0v) is 19.4. The monoisotopic (exact) mass is 437 g/mol. The van der Waals surface area contributed by atoms with E-state index >= 15 is 0 Å². The molecule has 1 aromatic heterocycles.